The van der Waals surface area contributed by atoms with Crippen molar-refractivity contribution in [3.63, 3.8) is 0 Å². The Hall–Kier alpha value is -2.05. The summed E-state index contributed by atoms with van der Waals surface area (Å²) in [5, 5.41) is 17.5. The second kappa shape index (κ2) is 6.51. The molecule has 1 aromatic heterocycles. The van der Waals surface area contributed by atoms with Crippen LogP contribution in [0.3, 0.4) is 0 Å². The number of rotatable bonds is 6. The Morgan fingerprint density at radius 2 is 2.41 bits per heavy atom. The second-order valence-electron chi connectivity index (χ2n) is 3.63. The summed E-state index contributed by atoms with van der Waals surface area (Å²) < 4.78 is 4.79. The number of hydrogen-bond donors (Lipinski definition) is 3. The number of nitrogens with two attached hydrogens (primary N) is 1. The van der Waals surface area contributed by atoms with E-state index in [1.807, 2.05) is 0 Å². The van der Waals surface area contributed by atoms with E-state index < -0.39 is 0 Å². The first-order valence-electron chi connectivity index (χ1n) is 5.31. The van der Waals surface area contributed by atoms with E-state index in [1.165, 1.54) is 0 Å². The summed E-state index contributed by atoms with van der Waals surface area (Å²) in [6, 6.07) is 1.58. The van der Waals surface area contributed by atoms with Crippen LogP contribution < -0.4 is 11.1 Å². The lowest BCUT2D eigenvalue weighted by atomic mass is 10.2. The smallest absolute Gasteiger partial charge is 0.273 e. The summed E-state index contributed by atoms with van der Waals surface area (Å²) in [7, 11) is 0. The average Bonchev–Trinajstić information content (AvgIpc) is 2.75. The van der Waals surface area contributed by atoms with Gasteiger partial charge in [0.2, 0.25) is 0 Å². The molecule has 1 heterocycles. The van der Waals surface area contributed by atoms with Crippen molar-refractivity contribution in [3.8, 4) is 0 Å². The Morgan fingerprint density at radius 1 is 1.65 bits per heavy atom. The number of amidine groups is 1. The predicted octanol–water partition coefficient (Wildman–Crippen LogP) is 0.630. The summed E-state index contributed by atoms with van der Waals surface area (Å²) in [6.45, 7) is 2.24. The maximum atomic E-state index is 11.5. The van der Waals surface area contributed by atoms with Gasteiger partial charge >= 0.3 is 0 Å². The third kappa shape index (κ3) is 4.54. The predicted molar refractivity (Wildman–Crippen MR) is 60.8 cm³/mol. The SMILES string of the molecule is Cc1cc(C(=O)NCCCCC(N)=NO)no1. The van der Waals surface area contributed by atoms with Crippen LogP contribution in [-0.2, 0) is 0 Å². The van der Waals surface area contributed by atoms with Crippen LogP contribution in [0.15, 0.2) is 15.7 Å². The fourth-order valence-corrected chi connectivity index (χ4v) is 1.25. The maximum Gasteiger partial charge on any atom is 0.273 e. The van der Waals surface area contributed by atoms with Crippen LogP contribution in [0.4, 0.5) is 0 Å². The number of amides is 1. The van der Waals surface area contributed by atoms with Crippen molar-refractivity contribution in [2.75, 3.05) is 6.54 Å². The van der Waals surface area contributed by atoms with Crippen LogP contribution in [0.1, 0.15) is 35.5 Å². The zero-order chi connectivity index (χ0) is 12.7. The summed E-state index contributed by atoms with van der Waals surface area (Å²) in [4.78, 5) is 11.5. The topological polar surface area (TPSA) is 114 Å². The molecule has 17 heavy (non-hydrogen) atoms. The van der Waals surface area contributed by atoms with Crippen molar-refractivity contribution < 1.29 is 14.5 Å². The van der Waals surface area contributed by atoms with Crippen LogP contribution in [0.25, 0.3) is 0 Å². The molecule has 1 amide bonds. The molecule has 4 N–H and O–H groups in total. The summed E-state index contributed by atoms with van der Waals surface area (Å²) in [5.41, 5.74) is 5.58. The number of carbonyl (C=O) groups is 1. The molecule has 1 rings (SSSR count). The Labute approximate surface area is 98.6 Å². The monoisotopic (exact) mass is 240 g/mol. The lowest BCUT2D eigenvalue weighted by Gasteiger charge is -2.02. The molecule has 94 valence electrons. The van der Waals surface area contributed by atoms with Gasteiger partial charge in [-0.2, -0.15) is 0 Å². The molecule has 0 saturated carbocycles. The minimum Gasteiger partial charge on any atom is -0.409 e. The van der Waals surface area contributed by atoms with E-state index in [2.05, 4.69) is 15.6 Å². The van der Waals surface area contributed by atoms with E-state index >= 15 is 0 Å². The molecule has 0 radical (unpaired) electrons. The van der Waals surface area contributed by atoms with E-state index in [4.69, 9.17) is 15.5 Å². The molecule has 0 atom stereocenters. The molecule has 0 bridgehead atoms. The minimum atomic E-state index is -0.259. The standard InChI is InChI=1S/C10H16N4O3/c1-7-6-8(14-17-7)10(15)12-5-3-2-4-9(11)13-16/h6,16H,2-5H2,1H3,(H2,11,13)(H,12,15). The van der Waals surface area contributed by atoms with Gasteiger partial charge in [-0.25, -0.2) is 0 Å². The Morgan fingerprint density at radius 3 is 3.00 bits per heavy atom. The molecule has 7 heteroatoms. The number of nitrogens with one attached hydrogen (secondary N) is 1. The van der Waals surface area contributed by atoms with Crippen LogP contribution in [-0.4, -0.2) is 28.7 Å². The third-order valence-electron chi connectivity index (χ3n) is 2.13. The van der Waals surface area contributed by atoms with Crippen molar-refractivity contribution in [2.45, 2.75) is 26.2 Å². The highest BCUT2D eigenvalue weighted by Crippen LogP contribution is 2.01. The van der Waals surface area contributed by atoms with Gasteiger partial charge in [0.15, 0.2) is 5.69 Å². The van der Waals surface area contributed by atoms with Gasteiger partial charge in [-0.05, 0) is 19.8 Å². The van der Waals surface area contributed by atoms with Gasteiger partial charge in [-0.3, -0.25) is 4.79 Å². The fraction of sp³-hybridized carbons (Fsp3) is 0.500. The first kappa shape index (κ1) is 13.0. The van der Waals surface area contributed by atoms with E-state index in [9.17, 15) is 4.79 Å². The van der Waals surface area contributed by atoms with E-state index in [1.54, 1.807) is 13.0 Å². The number of nitrogens with zero attached hydrogens (tertiary/aromatic N) is 2. The molecule has 7 nitrogen and oxygen atoms in total. The summed E-state index contributed by atoms with van der Waals surface area (Å²) in [6.07, 6.45) is 2.00. The van der Waals surface area contributed by atoms with Crippen molar-refractivity contribution in [1.29, 1.82) is 0 Å². The van der Waals surface area contributed by atoms with Gasteiger partial charge < -0.3 is 20.8 Å². The van der Waals surface area contributed by atoms with Gasteiger partial charge in [0.05, 0.1) is 0 Å². The molecule has 0 saturated heterocycles. The highest BCUT2D eigenvalue weighted by atomic mass is 16.5. The van der Waals surface area contributed by atoms with Gasteiger partial charge in [0.25, 0.3) is 5.91 Å². The summed E-state index contributed by atoms with van der Waals surface area (Å²) >= 11 is 0. The zero-order valence-electron chi connectivity index (χ0n) is 9.64. The third-order valence-corrected chi connectivity index (χ3v) is 2.13. The molecule has 0 aliphatic rings. The van der Waals surface area contributed by atoms with Gasteiger partial charge in [0.1, 0.15) is 11.6 Å². The van der Waals surface area contributed by atoms with Gasteiger partial charge in [-0.15, -0.1) is 0 Å². The molecule has 0 aromatic carbocycles. The van der Waals surface area contributed by atoms with Crippen LogP contribution in [0.2, 0.25) is 0 Å². The Kier molecular flexibility index (Phi) is 4.99. The zero-order valence-corrected chi connectivity index (χ0v) is 9.64. The quantitative estimate of drug-likeness (QED) is 0.222. The molecule has 0 aliphatic carbocycles. The van der Waals surface area contributed by atoms with Crippen molar-refractivity contribution in [1.82, 2.24) is 10.5 Å². The lowest BCUT2D eigenvalue weighted by Crippen LogP contribution is -2.25. The number of aryl methyl sites for hydroxylation is 1. The lowest BCUT2D eigenvalue weighted by molar-refractivity contribution is 0.0944. The largest absolute Gasteiger partial charge is 0.409 e. The van der Waals surface area contributed by atoms with E-state index in [0.717, 1.165) is 12.8 Å². The number of unbranched alkanes of at least 4 members (excludes halogenated alkanes) is 1. The Bertz CT molecular complexity index is 400. The normalized spacial score (nSPS) is 11.5. The first-order chi connectivity index (χ1) is 8.13. The van der Waals surface area contributed by atoms with Crippen LogP contribution in [0.5, 0.6) is 0 Å². The first-order valence-corrected chi connectivity index (χ1v) is 5.31. The second-order valence-corrected chi connectivity index (χ2v) is 3.63. The summed E-state index contributed by atoms with van der Waals surface area (Å²) in [5.74, 6) is 0.538. The molecule has 0 unspecified atom stereocenters. The van der Waals surface area contributed by atoms with E-state index in [-0.39, 0.29) is 17.4 Å². The highest BCUT2D eigenvalue weighted by Gasteiger charge is 2.09. The average molecular weight is 240 g/mol. The van der Waals surface area contributed by atoms with E-state index in [0.29, 0.717) is 18.7 Å². The Balaban J connectivity index is 2.17. The maximum absolute atomic E-state index is 11.5. The molecular weight excluding hydrogens is 224 g/mol. The van der Waals surface area contributed by atoms with Gasteiger partial charge in [0, 0.05) is 19.0 Å². The van der Waals surface area contributed by atoms with Gasteiger partial charge in [-0.1, -0.05) is 10.3 Å². The molecule has 0 spiro atoms. The number of hydrogen-bond acceptors (Lipinski definition) is 5. The molecule has 0 fully saturated rings. The van der Waals surface area contributed by atoms with Crippen molar-refractivity contribution in [2.24, 2.45) is 10.9 Å². The minimum absolute atomic E-state index is 0.198. The number of aromatic nitrogens is 1. The number of oxime groups is 1. The van der Waals surface area contributed by atoms with Crippen LogP contribution >= 0.6 is 0 Å². The number of carbonyl (C=O) groups excluding carboxylic acids is 1. The van der Waals surface area contributed by atoms with Crippen molar-refractivity contribution in [3.05, 3.63) is 17.5 Å². The molecule has 1 aromatic rings. The van der Waals surface area contributed by atoms with Crippen molar-refractivity contribution >= 4 is 11.7 Å². The fourth-order valence-electron chi connectivity index (χ4n) is 1.25. The molecular formula is C10H16N4O3. The highest BCUT2D eigenvalue weighted by molar-refractivity contribution is 5.92. The molecule has 0 aliphatic heterocycles. The van der Waals surface area contributed by atoms with Crippen LogP contribution in [0, 0.1) is 6.92 Å².